The Bertz CT molecular complexity index is 1070. The molecule has 0 N–H and O–H groups in total. The van der Waals surface area contributed by atoms with E-state index in [1.807, 2.05) is 31.1 Å². The Kier molecular flexibility index (Phi) is 6.03. The van der Waals surface area contributed by atoms with Gasteiger partial charge >= 0.3 is 0 Å². The van der Waals surface area contributed by atoms with E-state index in [0.29, 0.717) is 34.2 Å². The molecule has 7 heteroatoms. The maximum Gasteiger partial charge on any atom is 0.268 e. The third-order valence-electron chi connectivity index (χ3n) is 4.60. The Balaban J connectivity index is 2.06. The highest BCUT2D eigenvalue weighted by molar-refractivity contribution is 7.90. The molecule has 0 saturated carbocycles. The minimum Gasteiger partial charge on any atom is -0.490 e. The predicted molar refractivity (Wildman–Crippen MR) is 114 cm³/mol. The normalized spacial score (nSPS) is 12.2. The maximum absolute atomic E-state index is 13.3. The van der Waals surface area contributed by atoms with Crippen LogP contribution in [0.15, 0.2) is 53.6 Å². The molecular weight excluding hydrogens is 396 g/mol. The van der Waals surface area contributed by atoms with Crippen molar-refractivity contribution in [3.05, 3.63) is 59.2 Å². The lowest BCUT2D eigenvalue weighted by molar-refractivity contribution is 0.263. The molecule has 0 radical (unpaired) electrons. The molecule has 28 heavy (non-hydrogen) atoms. The minimum absolute atomic E-state index is 0.239. The Morgan fingerprint density at radius 2 is 1.79 bits per heavy atom. The molecule has 0 aliphatic heterocycles. The van der Waals surface area contributed by atoms with E-state index >= 15 is 0 Å². The molecule has 3 aromatic rings. The molecule has 2 aromatic carbocycles. The van der Waals surface area contributed by atoms with Crippen LogP contribution in [-0.4, -0.2) is 44.5 Å². The van der Waals surface area contributed by atoms with Gasteiger partial charge in [-0.3, -0.25) is 0 Å². The van der Waals surface area contributed by atoms with Gasteiger partial charge in [0.25, 0.3) is 10.0 Å². The molecule has 150 valence electrons. The molecule has 0 unspecified atom stereocenters. The van der Waals surface area contributed by atoms with Crippen molar-refractivity contribution in [2.45, 2.75) is 24.7 Å². The van der Waals surface area contributed by atoms with Crippen LogP contribution >= 0.6 is 11.6 Å². The fourth-order valence-electron chi connectivity index (χ4n) is 2.93. The number of likely N-dealkylation sites (N-methyl/N-ethyl adjacent to an activating group) is 1. The van der Waals surface area contributed by atoms with Gasteiger partial charge in [-0.15, -0.1) is 0 Å². The van der Waals surface area contributed by atoms with Crippen LogP contribution in [0, 0.1) is 0 Å². The van der Waals surface area contributed by atoms with Crippen molar-refractivity contribution in [1.29, 1.82) is 0 Å². The van der Waals surface area contributed by atoms with Gasteiger partial charge in [-0.05, 0) is 55.9 Å². The van der Waals surface area contributed by atoms with Gasteiger partial charge in [0.15, 0.2) is 0 Å². The highest BCUT2D eigenvalue weighted by atomic mass is 35.5. The number of hydrogen-bond donors (Lipinski definition) is 0. The van der Waals surface area contributed by atoms with Gasteiger partial charge in [0.05, 0.1) is 16.6 Å². The third kappa shape index (κ3) is 4.19. The second-order valence-electron chi connectivity index (χ2n) is 7.33. The first-order chi connectivity index (χ1) is 13.2. The van der Waals surface area contributed by atoms with E-state index in [0.717, 1.165) is 12.1 Å². The summed E-state index contributed by atoms with van der Waals surface area (Å²) in [6.45, 7) is 5.31. The molecule has 0 aliphatic carbocycles. The van der Waals surface area contributed by atoms with Crippen molar-refractivity contribution in [1.82, 2.24) is 8.87 Å². The third-order valence-corrected chi connectivity index (χ3v) is 6.52. The molecule has 3 rings (SSSR count). The average molecular weight is 421 g/mol. The summed E-state index contributed by atoms with van der Waals surface area (Å²) in [6, 6.07) is 12.1. The van der Waals surface area contributed by atoms with E-state index in [4.69, 9.17) is 16.3 Å². The van der Waals surface area contributed by atoms with Crippen LogP contribution in [0.1, 0.15) is 25.3 Å². The van der Waals surface area contributed by atoms with Gasteiger partial charge in [-0.25, -0.2) is 12.4 Å². The van der Waals surface area contributed by atoms with Crippen LogP contribution < -0.4 is 4.74 Å². The summed E-state index contributed by atoms with van der Waals surface area (Å²) in [5.41, 5.74) is 1.63. The number of benzene rings is 2. The van der Waals surface area contributed by atoms with E-state index < -0.39 is 10.0 Å². The lowest BCUT2D eigenvalue weighted by Gasteiger charge is -2.10. The maximum atomic E-state index is 13.3. The van der Waals surface area contributed by atoms with Gasteiger partial charge in [-0.1, -0.05) is 37.6 Å². The summed E-state index contributed by atoms with van der Waals surface area (Å²) in [6.07, 6.45) is 1.53. The number of nitrogens with zero attached hydrogens (tertiary/aromatic N) is 2. The summed E-state index contributed by atoms with van der Waals surface area (Å²) < 4.78 is 33.7. The van der Waals surface area contributed by atoms with Crippen molar-refractivity contribution in [3.8, 4) is 5.75 Å². The summed E-state index contributed by atoms with van der Waals surface area (Å²) in [4.78, 5) is 2.24. The molecule has 5 nitrogen and oxygen atoms in total. The lowest BCUT2D eigenvalue weighted by Crippen LogP contribution is -2.19. The fourth-order valence-corrected chi connectivity index (χ4v) is 4.47. The summed E-state index contributed by atoms with van der Waals surface area (Å²) in [5, 5.41) is 1.20. The quantitative estimate of drug-likeness (QED) is 0.560. The molecule has 1 heterocycles. The molecule has 0 spiro atoms. The largest absolute Gasteiger partial charge is 0.490 e. The van der Waals surface area contributed by atoms with E-state index in [1.165, 1.54) is 10.2 Å². The van der Waals surface area contributed by atoms with E-state index in [2.05, 4.69) is 13.8 Å². The first-order valence-electron chi connectivity index (χ1n) is 9.14. The number of rotatable bonds is 7. The molecule has 0 saturated heterocycles. The topological polar surface area (TPSA) is 51.5 Å². The van der Waals surface area contributed by atoms with Crippen molar-refractivity contribution in [3.63, 3.8) is 0 Å². The zero-order chi connectivity index (χ0) is 20.5. The summed E-state index contributed by atoms with van der Waals surface area (Å²) >= 11 is 6.14. The van der Waals surface area contributed by atoms with Crippen molar-refractivity contribution < 1.29 is 13.2 Å². The molecule has 0 aliphatic rings. The number of ether oxygens (including phenoxy) is 1. The van der Waals surface area contributed by atoms with E-state index in [9.17, 15) is 8.42 Å². The molecular formula is C21H25ClN2O3S. The molecule has 0 fully saturated rings. The van der Waals surface area contributed by atoms with Crippen LogP contribution in [0.5, 0.6) is 5.75 Å². The second kappa shape index (κ2) is 8.15. The Labute approximate surface area is 171 Å². The summed E-state index contributed by atoms with van der Waals surface area (Å²) in [5.74, 6) is 0.838. The molecule has 0 amide bonds. The SMILES string of the molecule is CC(C)c1ccc(S(=O)(=O)n2cc(OCCN(C)C)c3cc(Cl)ccc32)cc1. The Morgan fingerprint density at radius 3 is 2.39 bits per heavy atom. The number of hydrogen-bond acceptors (Lipinski definition) is 4. The van der Waals surface area contributed by atoms with Gasteiger partial charge in [-0.2, -0.15) is 0 Å². The molecule has 0 atom stereocenters. The first kappa shape index (κ1) is 20.7. The van der Waals surface area contributed by atoms with Crippen molar-refractivity contribution >= 4 is 32.5 Å². The van der Waals surface area contributed by atoms with Crippen molar-refractivity contribution in [2.24, 2.45) is 0 Å². The van der Waals surface area contributed by atoms with Crippen LogP contribution in [0.3, 0.4) is 0 Å². The van der Waals surface area contributed by atoms with E-state index in [-0.39, 0.29) is 4.90 Å². The lowest BCUT2D eigenvalue weighted by atomic mass is 10.0. The van der Waals surface area contributed by atoms with Gasteiger partial charge in [0.1, 0.15) is 12.4 Å². The summed E-state index contributed by atoms with van der Waals surface area (Å²) in [7, 11) is 0.148. The average Bonchev–Trinajstić information content (AvgIpc) is 3.00. The standard InChI is InChI=1S/C21H25ClN2O3S/c1-15(2)16-5-8-18(9-6-16)28(25,26)24-14-21(27-12-11-23(3)4)19-13-17(22)7-10-20(19)24/h5-10,13-15H,11-12H2,1-4H3. The minimum atomic E-state index is -3.76. The highest BCUT2D eigenvalue weighted by Crippen LogP contribution is 2.33. The number of fused-ring (bicyclic) bond motifs is 1. The highest BCUT2D eigenvalue weighted by Gasteiger charge is 2.22. The van der Waals surface area contributed by atoms with Gasteiger partial charge < -0.3 is 9.64 Å². The fraction of sp³-hybridized carbons (Fsp3) is 0.333. The Morgan fingerprint density at radius 1 is 1.11 bits per heavy atom. The Hall–Kier alpha value is -2.02. The monoisotopic (exact) mass is 420 g/mol. The van der Waals surface area contributed by atoms with Crippen molar-refractivity contribution in [2.75, 3.05) is 27.2 Å². The van der Waals surface area contributed by atoms with Crippen LogP contribution in [-0.2, 0) is 10.0 Å². The smallest absolute Gasteiger partial charge is 0.268 e. The van der Waals surface area contributed by atoms with Crippen LogP contribution in [0.2, 0.25) is 5.02 Å². The van der Waals surface area contributed by atoms with Crippen LogP contribution in [0.4, 0.5) is 0 Å². The zero-order valence-corrected chi connectivity index (χ0v) is 18.1. The van der Waals surface area contributed by atoms with Gasteiger partial charge in [0.2, 0.25) is 0 Å². The first-order valence-corrected chi connectivity index (χ1v) is 11.0. The zero-order valence-electron chi connectivity index (χ0n) is 16.5. The number of halogens is 1. The second-order valence-corrected chi connectivity index (χ2v) is 9.58. The van der Waals surface area contributed by atoms with E-state index in [1.54, 1.807) is 30.3 Å². The molecule has 1 aromatic heterocycles. The van der Waals surface area contributed by atoms with Crippen LogP contribution in [0.25, 0.3) is 10.9 Å². The predicted octanol–water partition coefficient (Wildman–Crippen LogP) is 4.60. The molecule has 0 bridgehead atoms. The number of aromatic nitrogens is 1. The van der Waals surface area contributed by atoms with Gasteiger partial charge in [0, 0.05) is 17.0 Å².